The highest BCUT2D eigenvalue weighted by Gasteiger charge is 1.91. The van der Waals surface area contributed by atoms with E-state index in [0.717, 1.165) is 0 Å². The van der Waals surface area contributed by atoms with Gasteiger partial charge in [0, 0.05) is 14.2 Å². The fourth-order valence-electron chi connectivity index (χ4n) is 1.44. The summed E-state index contributed by atoms with van der Waals surface area (Å²) in [5.74, 6) is 0. The molecule has 2 aromatic rings. The average Bonchev–Trinajstić information content (AvgIpc) is 2.59. The van der Waals surface area contributed by atoms with Gasteiger partial charge in [0.2, 0.25) is 0 Å². The molecular formula is C18H26O4. The van der Waals surface area contributed by atoms with Crippen molar-refractivity contribution in [1.82, 2.24) is 0 Å². The summed E-state index contributed by atoms with van der Waals surface area (Å²) in [7, 11) is 3.10. The largest absolute Gasteiger partial charge is 0.394 e. The lowest BCUT2D eigenvalue weighted by Crippen LogP contribution is -1.91. The van der Waals surface area contributed by atoms with E-state index >= 15 is 0 Å². The Balaban J connectivity index is 0.000000372. The number of rotatable bonds is 5. The van der Waals surface area contributed by atoms with Crippen molar-refractivity contribution < 1.29 is 19.7 Å². The minimum Gasteiger partial charge on any atom is -0.394 e. The lowest BCUT2D eigenvalue weighted by Gasteiger charge is -1.98. The molecule has 2 rings (SSSR count). The zero-order valence-electron chi connectivity index (χ0n) is 13.3. The molecule has 0 amide bonds. The van der Waals surface area contributed by atoms with Crippen LogP contribution in [0.5, 0.6) is 0 Å². The predicted octanol–water partition coefficient (Wildman–Crippen LogP) is 2.60. The van der Waals surface area contributed by atoms with Gasteiger partial charge in [0.25, 0.3) is 0 Å². The van der Waals surface area contributed by atoms with Crippen molar-refractivity contribution in [3.8, 4) is 11.1 Å². The lowest BCUT2D eigenvalue weighted by molar-refractivity contribution is 0.135. The average molecular weight is 306 g/mol. The molecule has 0 fully saturated rings. The van der Waals surface area contributed by atoms with Gasteiger partial charge in [-0.1, -0.05) is 60.7 Å². The molecule has 4 nitrogen and oxygen atoms in total. The van der Waals surface area contributed by atoms with Crippen LogP contribution in [0.1, 0.15) is 0 Å². The van der Waals surface area contributed by atoms with Crippen LogP contribution in [0.25, 0.3) is 11.1 Å². The molecule has 0 saturated heterocycles. The Kier molecular flexibility index (Phi) is 14.4. The van der Waals surface area contributed by atoms with Crippen molar-refractivity contribution in [3.63, 3.8) is 0 Å². The van der Waals surface area contributed by atoms with Crippen LogP contribution in [0.3, 0.4) is 0 Å². The van der Waals surface area contributed by atoms with Crippen LogP contribution in [-0.2, 0) is 9.47 Å². The molecule has 0 aliphatic heterocycles. The molecule has 0 heterocycles. The van der Waals surface area contributed by atoms with Crippen LogP contribution in [0.4, 0.5) is 0 Å². The summed E-state index contributed by atoms with van der Waals surface area (Å²) in [5.41, 5.74) is 2.55. The fourth-order valence-corrected chi connectivity index (χ4v) is 1.44. The molecule has 0 radical (unpaired) electrons. The number of benzene rings is 2. The van der Waals surface area contributed by atoms with Crippen molar-refractivity contribution >= 4 is 0 Å². The van der Waals surface area contributed by atoms with E-state index in [9.17, 15) is 0 Å². The molecule has 0 bridgehead atoms. The van der Waals surface area contributed by atoms with Gasteiger partial charge >= 0.3 is 0 Å². The molecule has 0 atom stereocenters. The SMILES string of the molecule is COCCO.COCCO.c1ccc(-c2ccccc2)cc1. The lowest BCUT2D eigenvalue weighted by atomic mass is 10.1. The van der Waals surface area contributed by atoms with Gasteiger partial charge in [-0.2, -0.15) is 0 Å². The summed E-state index contributed by atoms with van der Waals surface area (Å²) in [6.07, 6.45) is 0. The molecule has 0 aliphatic rings. The van der Waals surface area contributed by atoms with E-state index in [1.807, 2.05) is 12.1 Å². The molecule has 4 heteroatoms. The Morgan fingerprint density at radius 2 is 0.955 bits per heavy atom. The van der Waals surface area contributed by atoms with Gasteiger partial charge in [0.05, 0.1) is 26.4 Å². The minimum absolute atomic E-state index is 0.122. The molecular weight excluding hydrogens is 280 g/mol. The first-order chi connectivity index (χ1) is 10.8. The molecule has 122 valence electrons. The quantitative estimate of drug-likeness (QED) is 0.891. The highest BCUT2D eigenvalue weighted by molar-refractivity contribution is 5.62. The number of hydrogen-bond acceptors (Lipinski definition) is 4. The fraction of sp³-hybridized carbons (Fsp3) is 0.333. The Hall–Kier alpha value is -1.72. The number of aliphatic hydroxyl groups excluding tert-OH is 2. The second-order valence-corrected chi connectivity index (χ2v) is 4.16. The summed E-state index contributed by atoms with van der Waals surface area (Å²) in [4.78, 5) is 0. The second kappa shape index (κ2) is 15.7. The first kappa shape index (κ1) is 20.3. The first-order valence-electron chi connectivity index (χ1n) is 7.10. The van der Waals surface area contributed by atoms with Crippen molar-refractivity contribution in [2.24, 2.45) is 0 Å². The van der Waals surface area contributed by atoms with Gasteiger partial charge in [-0.15, -0.1) is 0 Å². The molecule has 0 saturated carbocycles. The summed E-state index contributed by atoms with van der Waals surface area (Å²) in [6.45, 7) is 1.13. The van der Waals surface area contributed by atoms with Crippen molar-refractivity contribution in [2.45, 2.75) is 0 Å². The number of hydrogen-bond donors (Lipinski definition) is 2. The Morgan fingerprint density at radius 1 is 0.636 bits per heavy atom. The minimum atomic E-state index is 0.122. The maximum Gasteiger partial charge on any atom is 0.0693 e. The van der Waals surface area contributed by atoms with E-state index in [0.29, 0.717) is 13.2 Å². The third kappa shape index (κ3) is 11.0. The summed E-state index contributed by atoms with van der Waals surface area (Å²) in [5, 5.41) is 15.9. The Bertz CT molecular complexity index is 384. The summed E-state index contributed by atoms with van der Waals surface area (Å²) >= 11 is 0. The predicted molar refractivity (Wildman–Crippen MR) is 89.8 cm³/mol. The summed E-state index contributed by atoms with van der Waals surface area (Å²) in [6, 6.07) is 20.8. The smallest absolute Gasteiger partial charge is 0.0693 e. The van der Waals surface area contributed by atoms with E-state index in [1.165, 1.54) is 11.1 Å². The van der Waals surface area contributed by atoms with Gasteiger partial charge in [-0.05, 0) is 11.1 Å². The van der Waals surface area contributed by atoms with E-state index in [4.69, 9.17) is 10.2 Å². The third-order valence-electron chi connectivity index (χ3n) is 2.47. The molecule has 0 spiro atoms. The maximum atomic E-state index is 7.94. The molecule has 0 aliphatic carbocycles. The van der Waals surface area contributed by atoms with Crippen LogP contribution in [0.15, 0.2) is 60.7 Å². The topological polar surface area (TPSA) is 58.9 Å². The monoisotopic (exact) mass is 306 g/mol. The zero-order chi connectivity index (χ0) is 16.5. The molecule has 22 heavy (non-hydrogen) atoms. The van der Waals surface area contributed by atoms with Gasteiger partial charge < -0.3 is 19.7 Å². The van der Waals surface area contributed by atoms with Crippen LogP contribution < -0.4 is 0 Å². The van der Waals surface area contributed by atoms with E-state index in [1.54, 1.807) is 14.2 Å². The maximum absolute atomic E-state index is 7.94. The van der Waals surface area contributed by atoms with Crippen LogP contribution in [-0.4, -0.2) is 50.9 Å². The number of ether oxygens (including phenoxy) is 2. The van der Waals surface area contributed by atoms with E-state index in [2.05, 4.69) is 58.0 Å². The number of methoxy groups -OCH3 is 2. The van der Waals surface area contributed by atoms with Crippen molar-refractivity contribution in [2.75, 3.05) is 40.6 Å². The van der Waals surface area contributed by atoms with Crippen LogP contribution in [0.2, 0.25) is 0 Å². The summed E-state index contributed by atoms with van der Waals surface area (Å²) < 4.78 is 8.88. The highest BCUT2D eigenvalue weighted by atomic mass is 16.5. The Morgan fingerprint density at radius 3 is 1.14 bits per heavy atom. The number of aliphatic hydroxyl groups is 2. The molecule has 0 unspecified atom stereocenters. The zero-order valence-corrected chi connectivity index (χ0v) is 13.3. The van der Waals surface area contributed by atoms with Gasteiger partial charge in [0.15, 0.2) is 0 Å². The normalized spacial score (nSPS) is 9.09. The van der Waals surface area contributed by atoms with Gasteiger partial charge in [-0.3, -0.25) is 0 Å². The first-order valence-corrected chi connectivity index (χ1v) is 7.10. The Labute approximate surface area is 133 Å². The van der Waals surface area contributed by atoms with Gasteiger partial charge in [0.1, 0.15) is 0 Å². The van der Waals surface area contributed by atoms with E-state index in [-0.39, 0.29) is 13.2 Å². The second-order valence-electron chi connectivity index (χ2n) is 4.16. The standard InChI is InChI=1S/C12H10.2C3H8O2/c1-3-7-11(8-4-1)12-9-5-2-6-10-12;2*1-5-3-2-4/h1-10H;2*4H,2-3H2,1H3. The highest BCUT2D eigenvalue weighted by Crippen LogP contribution is 2.17. The third-order valence-corrected chi connectivity index (χ3v) is 2.47. The van der Waals surface area contributed by atoms with Crippen LogP contribution >= 0.6 is 0 Å². The van der Waals surface area contributed by atoms with Crippen LogP contribution in [0, 0.1) is 0 Å². The van der Waals surface area contributed by atoms with E-state index < -0.39 is 0 Å². The van der Waals surface area contributed by atoms with Gasteiger partial charge in [-0.25, -0.2) is 0 Å². The molecule has 2 aromatic carbocycles. The molecule has 0 aromatic heterocycles. The molecule has 2 N–H and O–H groups in total. The van der Waals surface area contributed by atoms with Crippen molar-refractivity contribution in [3.05, 3.63) is 60.7 Å². The van der Waals surface area contributed by atoms with Crippen molar-refractivity contribution in [1.29, 1.82) is 0 Å².